The molecule has 15 N–H and O–H groups in total. The minimum absolute atomic E-state index is 0. The maximum Gasteiger partial charge on any atom is 3.00 e. The van der Waals surface area contributed by atoms with Gasteiger partial charge in [-0.15, -0.1) is 0 Å². The summed E-state index contributed by atoms with van der Waals surface area (Å²) in [6.07, 6.45) is 0. The van der Waals surface area contributed by atoms with Crippen molar-refractivity contribution in [3.8, 4) is 0 Å². The number of hydrogen-bond donors (Lipinski definition) is 5. The van der Waals surface area contributed by atoms with Gasteiger partial charge in [0.2, 0.25) is 0 Å². The molecular formula is H15B5Li2N5Ti. The topological polar surface area (TPSA) is 175 Å². The van der Waals surface area contributed by atoms with Crippen LogP contribution in [0.25, 0.3) is 0 Å². The maximum absolute atomic E-state index is 0. The first-order chi connectivity index (χ1) is 0. The average molecular weight is 201 g/mol. The van der Waals surface area contributed by atoms with Gasteiger partial charge >= 0.3 is 59.4 Å². The van der Waals surface area contributed by atoms with Crippen LogP contribution in [0.2, 0.25) is 0 Å². The normalized spacial score (nSPS) is 0. The Morgan fingerprint density at radius 1 is 0.308 bits per heavy atom. The zero-order valence-electron chi connectivity index (χ0n) is 8.92. The smallest absolute Gasteiger partial charge is 1.00 e. The van der Waals surface area contributed by atoms with Crippen molar-refractivity contribution >= 4 is 42.1 Å². The van der Waals surface area contributed by atoms with Gasteiger partial charge < -0.3 is 72.8 Å². The molecule has 0 aromatic carbocycles. The van der Waals surface area contributed by atoms with Gasteiger partial charge in [-0.2, -0.15) is 0 Å². The molecule has 13 heteroatoms. The van der Waals surface area contributed by atoms with Crippen LogP contribution in [-0.4, -0.2) is 42.1 Å². The quantitative estimate of drug-likeness (QED) is 0.244. The molecule has 0 rings (SSSR count). The summed E-state index contributed by atoms with van der Waals surface area (Å²) in [6.45, 7) is 0. The van der Waals surface area contributed by atoms with Gasteiger partial charge in [0.1, 0.15) is 0 Å². The Kier molecular flexibility index (Phi) is 31700. The largest absolute Gasteiger partial charge is 3.00 e. The summed E-state index contributed by atoms with van der Waals surface area (Å²) in [7, 11) is 0. The van der Waals surface area contributed by atoms with E-state index >= 15 is 0 Å². The van der Waals surface area contributed by atoms with Gasteiger partial charge in [-0.1, -0.05) is 0 Å². The SMILES string of the molecule is N.N.N.N.N.[B-].[B-].[B-].[B-].[B-].[Li+].[Li+].[Ti+3]. The van der Waals surface area contributed by atoms with Gasteiger partial charge in [-0.05, 0) is 0 Å². The summed E-state index contributed by atoms with van der Waals surface area (Å²) in [4.78, 5) is 0. The molecule has 0 amide bonds. The Morgan fingerprint density at radius 2 is 0.308 bits per heavy atom. The summed E-state index contributed by atoms with van der Waals surface area (Å²) in [6, 6.07) is 0. The van der Waals surface area contributed by atoms with Crippen molar-refractivity contribution in [1.82, 2.24) is 30.8 Å². The van der Waals surface area contributed by atoms with Gasteiger partial charge in [-0.25, -0.2) is 0 Å². The predicted octanol–water partition coefficient (Wildman–Crippen LogP) is -7.09. The van der Waals surface area contributed by atoms with Gasteiger partial charge in [0.25, 0.3) is 0 Å². The second-order valence-corrected chi connectivity index (χ2v) is 0. The molecule has 21 radical (unpaired) electrons. The van der Waals surface area contributed by atoms with Crippen LogP contribution in [0.5, 0.6) is 0 Å². The summed E-state index contributed by atoms with van der Waals surface area (Å²) < 4.78 is 0. The van der Waals surface area contributed by atoms with Crippen molar-refractivity contribution in [1.29, 1.82) is 0 Å². The molecule has 0 aromatic rings. The molecule has 0 aromatic heterocycles. The summed E-state index contributed by atoms with van der Waals surface area (Å²) in [5, 5.41) is 0. The van der Waals surface area contributed by atoms with Crippen LogP contribution < -0.4 is 68.5 Å². The van der Waals surface area contributed by atoms with E-state index in [2.05, 4.69) is 0 Å². The minimum atomic E-state index is 0. The van der Waals surface area contributed by atoms with Gasteiger partial charge in [0, 0.05) is 0 Å². The standard InChI is InChI=1S/5B.2Li.5H3N.Ti/h;;;;;;;5*1H3;/q5*-1;2*+1;;;;;;+3. The molecule has 0 heterocycles. The van der Waals surface area contributed by atoms with Crippen LogP contribution in [0.3, 0.4) is 0 Å². The van der Waals surface area contributed by atoms with Crippen LogP contribution in [0.1, 0.15) is 0 Å². The first kappa shape index (κ1) is 716. The molecule has 0 saturated carbocycles. The zero-order chi connectivity index (χ0) is 0. The third-order valence-corrected chi connectivity index (χ3v) is 0. The first-order valence-corrected chi connectivity index (χ1v) is 0. The van der Waals surface area contributed by atoms with Crippen molar-refractivity contribution in [2.45, 2.75) is 0 Å². The molecule has 0 aliphatic heterocycles. The Balaban J connectivity index is 0. The molecule has 61 valence electrons. The minimum Gasteiger partial charge on any atom is -1.00 e. The molecule has 0 aliphatic carbocycles. The molecule has 0 spiro atoms. The molecule has 0 unspecified atom stereocenters. The third-order valence-electron chi connectivity index (χ3n) is 0. The van der Waals surface area contributed by atoms with Crippen molar-refractivity contribution < 1.29 is 59.4 Å². The predicted molar refractivity (Wildman–Crippen MR) is 53.9 cm³/mol. The molecule has 0 bridgehead atoms. The van der Waals surface area contributed by atoms with Crippen LogP contribution >= 0.6 is 0 Å². The molecule has 0 fully saturated rings. The number of rotatable bonds is 0. The van der Waals surface area contributed by atoms with Gasteiger partial charge in [0.05, 0.1) is 0 Å². The van der Waals surface area contributed by atoms with E-state index in [4.69, 9.17) is 0 Å². The fourth-order valence-corrected chi connectivity index (χ4v) is 0. The van der Waals surface area contributed by atoms with Crippen LogP contribution in [-0.2, 0) is 21.7 Å². The molecule has 5 nitrogen and oxygen atoms in total. The van der Waals surface area contributed by atoms with E-state index in [1.807, 2.05) is 0 Å². The second kappa shape index (κ2) is 576. The maximum atomic E-state index is 0. The fourth-order valence-electron chi connectivity index (χ4n) is 0. The molecular weight excluding hydrogens is 186 g/mol. The third kappa shape index (κ3) is 491. The van der Waals surface area contributed by atoms with Gasteiger partial charge in [0.15, 0.2) is 0 Å². The number of hydrogen-bond acceptors (Lipinski definition) is 5. The molecule has 13 heavy (non-hydrogen) atoms. The fraction of sp³-hybridized carbons (Fsp3) is 0. The van der Waals surface area contributed by atoms with E-state index in [0.717, 1.165) is 0 Å². The van der Waals surface area contributed by atoms with Crippen molar-refractivity contribution in [2.75, 3.05) is 0 Å². The summed E-state index contributed by atoms with van der Waals surface area (Å²) >= 11 is 0. The molecule has 0 aliphatic rings. The summed E-state index contributed by atoms with van der Waals surface area (Å²) in [5.74, 6) is 0. The van der Waals surface area contributed by atoms with E-state index in [0.29, 0.717) is 0 Å². The van der Waals surface area contributed by atoms with Crippen molar-refractivity contribution in [3.63, 3.8) is 0 Å². The Morgan fingerprint density at radius 3 is 0.308 bits per heavy atom. The van der Waals surface area contributed by atoms with Crippen LogP contribution in [0.15, 0.2) is 0 Å². The monoisotopic (exact) mass is 202 g/mol. The van der Waals surface area contributed by atoms with Gasteiger partial charge in [-0.3, -0.25) is 0 Å². The van der Waals surface area contributed by atoms with Crippen molar-refractivity contribution in [3.05, 3.63) is 0 Å². The van der Waals surface area contributed by atoms with E-state index in [1.54, 1.807) is 0 Å². The Hall–Kier alpha value is 2.03. The Labute approximate surface area is 131 Å². The summed E-state index contributed by atoms with van der Waals surface area (Å²) in [5.41, 5.74) is 0. The Bertz CT molecular complexity index is 22.9. The first-order valence-electron chi connectivity index (χ1n) is 0. The second-order valence-electron chi connectivity index (χ2n) is 0. The van der Waals surface area contributed by atoms with E-state index in [1.165, 1.54) is 0 Å². The van der Waals surface area contributed by atoms with E-state index in [9.17, 15) is 0 Å². The van der Waals surface area contributed by atoms with Crippen LogP contribution in [0, 0.1) is 0 Å². The van der Waals surface area contributed by atoms with Crippen molar-refractivity contribution in [2.24, 2.45) is 0 Å². The van der Waals surface area contributed by atoms with E-state index < -0.39 is 0 Å². The molecule has 0 saturated heterocycles. The zero-order valence-corrected chi connectivity index (χ0v) is 10.5. The van der Waals surface area contributed by atoms with Crippen LogP contribution in [0.4, 0.5) is 0 Å². The molecule has 0 atom stereocenters. The van der Waals surface area contributed by atoms with E-state index in [-0.39, 0.29) is 132 Å². The average Bonchev–Trinajstić information content (AvgIpc) is 0.